The third-order valence-electron chi connectivity index (χ3n) is 5.16. The summed E-state index contributed by atoms with van der Waals surface area (Å²) in [5.41, 5.74) is 8.34. The minimum absolute atomic E-state index is 0.555. The van der Waals surface area contributed by atoms with Crippen LogP contribution in [-0.4, -0.2) is 0 Å². The maximum atomic E-state index is 6.45. The Labute approximate surface area is 167 Å². The molecule has 0 fully saturated rings. The van der Waals surface area contributed by atoms with Crippen molar-refractivity contribution in [2.75, 3.05) is 0 Å². The van der Waals surface area contributed by atoms with Crippen LogP contribution in [0.4, 0.5) is 0 Å². The van der Waals surface area contributed by atoms with Gasteiger partial charge in [-0.15, -0.1) is 0 Å². The van der Waals surface area contributed by atoms with Crippen molar-refractivity contribution in [1.29, 1.82) is 0 Å². The van der Waals surface area contributed by atoms with Gasteiger partial charge in [0.2, 0.25) is 0 Å². The van der Waals surface area contributed by atoms with Crippen LogP contribution in [-0.2, 0) is 6.61 Å². The number of hydrogen-bond donors (Lipinski definition) is 0. The molecule has 0 radical (unpaired) electrons. The van der Waals surface area contributed by atoms with Gasteiger partial charge in [0.05, 0.1) is 0 Å². The summed E-state index contributed by atoms with van der Waals surface area (Å²) in [7, 11) is 0. The standard InChI is InChI=1S/C27H24O/c1-20-18-25(23-14-8-4-9-15-23)26(24-16-10-5-11-17-24)27(21(20)2)28-19-22-12-6-3-7-13-22/h3-18H,19H2,1-2H3. The average molecular weight is 364 g/mol. The normalized spacial score (nSPS) is 10.6. The first-order valence-corrected chi connectivity index (χ1v) is 9.66. The van der Waals surface area contributed by atoms with Crippen LogP contribution >= 0.6 is 0 Å². The Morgan fingerprint density at radius 2 is 1.18 bits per heavy atom. The van der Waals surface area contributed by atoms with Crippen molar-refractivity contribution in [3.63, 3.8) is 0 Å². The zero-order valence-electron chi connectivity index (χ0n) is 16.4. The van der Waals surface area contributed by atoms with Gasteiger partial charge in [0.15, 0.2) is 0 Å². The molecular weight excluding hydrogens is 340 g/mol. The molecule has 0 saturated heterocycles. The van der Waals surface area contributed by atoms with E-state index in [4.69, 9.17) is 4.74 Å². The summed E-state index contributed by atoms with van der Waals surface area (Å²) >= 11 is 0. The van der Waals surface area contributed by atoms with E-state index in [2.05, 4.69) is 105 Å². The smallest absolute Gasteiger partial charge is 0.131 e. The Kier molecular flexibility index (Phi) is 5.25. The van der Waals surface area contributed by atoms with Gasteiger partial charge in [0.1, 0.15) is 12.4 Å². The summed E-state index contributed by atoms with van der Waals surface area (Å²) in [6.07, 6.45) is 0. The van der Waals surface area contributed by atoms with Gasteiger partial charge < -0.3 is 4.74 Å². The van der Waals surface area contributed by atoms with Crippen molar-refractivity contribution < 1.29 is 4.74 Å². The first kappa shape index (κ1) is 18.1. The topological polar surface area (TPSA) is 9.23 Å². The third-order valence-corrected chi connectivity index (χ3v) is 5.16. The second-order valence-electron chi connectivity index (χ2n) is 7.08. The van der Waals surface area contributed by atoms with Crippen molar-refractivity contribution >= 4 is 0 Å². The van der Waals surface area contributed by atoms with Crippen LogP contribution < -0.4 is 4.74 Å². The molecule has 0 bridgehead atoms. The van der Waals surface area contributed by atoms with Gasteiger partial charge in [-0.25, -0.2) is 0 Å². The molecule has 0 atom stereocenters. The summed E-state index contributed by atoms with van der Waals surface area (Å²) in [5, 5.41) is 0. The number of aryl methyl sites for hydroxylation is 1. The molecule has 0 N–H and O–H groups in total. The molecule has 0 aliphatic heterocycles. The fraction of sp³-hybridized carbons (Fsp3) is 0.111. The molecule has 4 aromatic rings. The molecule has 138 valence electrons. The summed E-state index contributed by atoms with van der Waals surface area (Å²) in [4.78, 5) is 0. The van der Waals surface area contributed by atoms with E-state index in [1.165, 1.54) is 33.4 Å². The minimum atomic E-state index is 0.555. The second kappa shape index (κ2) is 8.14. The summed E-state index contributed by atoms with van der Waals surface area (Å²) < 4.78 is 6.45. The molecule has 0 aliphatic carbocycles. The Morgan fingerprint density at radius 1 is 0.643 bits per heavy atom. The number of benzene rings is 4. The van der Waals surface area contributed by atoms with Gasteiger partial charge in [-0.3, -0.25) is 0 Å². The van der Waals surface area contributed by atoms with Gasteiger partial charge in [0, 0.05) is 5.56 Å². The van der Waals surface area contributed by atoms with E-state index < -0.39 is 0 Å². The van der Waals surface area contributed by atoms with Crippen LogP contribution in [0.2, 0.25) is 0 Å². The highest BCUT2D eigenvalue weighted by atomic mass is 16.5. The van der Waals surface area contributed by atoms with E-state index in [1.807, 2.05) is 6.07 Å². The molecule has 0 heterocycles. The van der Waals surface area contributed by atoms with Crippen LogP contribution in [0.25, 0.3) is 22.3 Å². The first-order chi connectivity index (χ1) is 13.7. The SMILES string of the molecule is Cc1cc(-c2ccccc2)c(-c2ccccc2)c(OCc2ccccc2)c1C. The Morgan fingerprint density at radius 3 is 1.79 bits per heavy atom. The van der Waals surface area contributed by atoms with Crippen molar-refractivity contribution in [3.8, 4) is 28.0 Å². The van der Waals surface area contributed by atoms with Crippen LogP contribution in [0, 0.1) is 13.8 Å². The second-order valence-corrected chi connectivity index (χ2v) is 7.08. The molecule has 0 amide bonds. The lowest BCUT2D eigenvalue weighted by atomic mass is 9.89. The molecule has 0 saturated carbocycles. The van der Waals surface area contributed by atoms with Crippen molar-refractivity contribution in [3.05, 3.63) is 114 Å². The lowest BCUT2D eigenvalue weighted by Gasteiger charge is -2.21. The van der Waals surface area contributed by atoms with Gasteiger partial charge in [0.25, 0.3) is 0 Å². The lowest BCUT2D eigenvalue weighted by Crippen LogP contribution is -2.02. The molecular formula is C27H24O. The maximum absolute atomic E-state index is 6.45. The Bertz CT molecular complexity index is 1050. The van der Waals surface area contributed by atoms with Gasteiger partial charge in [-0.05, 0) is 47.2 Å². The van der Waals surface area contributed by atoms with Gasteiger partial charge in [-0.2, -0.15) is 0 Å². The van der Waals surface area contributed by atoms with Crippen molar-refractivity contribution in [2.45, 2.75) is 20.5 Å². The van der Waals surface area contributed by atoms with Crippen molar-refractivity contribution in [1.82, 2.24) is 0 Å². The third kappa shape index (κ3) is 3.70. The fourth-order valence-electron chi connectivity index (χ4n) is 3.53. The van der Waals surface area contributed by atoms with E-state index in [1.54, 1.807) is 0 Å². The molecule has 1 heteroatoms. The number of ether oxygens (including phenoxy) is 1. The zero-order chi connectivity index (χ0) is 19.3. The van der Waals surface area contributed by atoms with Gasteiger partial charge >= 0.3 is 0 Å². The Balaban J connectivity index is 1.89. The predicted molar refractivity (Wildman–Crippen MR) is 118 cm³/mol. The summed E-state index contributed by atoms with van der Waals surface area (Å²) in [6.45, 7) is 4.86. The molecule has 0 aromatic heterocycles. The van der Waals surface area contributed by atoms with Crippen molar-refractivity contribution in [2.24, 2.45) is 0 Å². The van der Waals surface area contributed by atoms with E-state index in [0.29, 0.717) is 6.61 Å². The number of hydrogen-bond acceptors (Lipinski definition) is 1. The molecule has 0 aliphatic rings. The molecule has 4 aromatic carbocycles. The molecule has 1 nitrogen and oxygen atoms in total. The zero-order valence-corrected chi connectivity index (χ0v) is 16.4. The van der Waals surface area contributed by atoms with E-state index in [0.717, 1.165) is 11.3 Å². The predicted octanol–water partition coefficient (Wildman–Crippen LogP) is 7.22. The van der Waals surface area contributed by atoms with E-state index in [-0.39, 0.29) is 0 Å². The fourth-order valence-corrected chi connectivity index (χ4v) is 3.53. The number of rotatable bonds is 5. The van der Waals surface area contributed by atoms with Gasteiger partial charge in [-0.1, -0.05) is 97.1 Å². The Hall–Kier alpha value is -3.32. The highest BCUT2D eigenvalue weighted by molar-refractivity contribution is 5.89. The molecule has 28 heavy (non-hydrogen) atoms. The van der Waals surface area contributed by atoms with Crippen LogP contribution in [0.5, 0.6) is 5.75 Å². The minimum Gasteiger partial charge on any atom is -0.488 e. The largest absolute Gasteiger partial charge is 0.488 e. The monoisotopic (exact) mass is 364 g/mol. The quantitative estimate of drug-likeness (QED) is 0.363. The van der Waals surface area contributed by atoms with Crippen LogP contribution in [0.1, 0.15) is 16.7 Å². The summed E-state index contributed by atoms with van der Waals surface area (Å²) in [6, 6.07) is 33.7. The lowest BCUT2D eigenvalue weighted by molar-refractivity contribution is 0.305. The first-order valence-electron chi connectivity index (χ1n) is 9.66. The molecule has 0 spiro atoms. The molecule has 0 unspecified atom stereocenters. The summed E-state index contributed by atoms with van der Waals surface area (Å²) in [5.74, 6) is 0.967. The van der Waals surface area contributed by atoms with E-state index in [9.17, 15) is 0 Å². The highest BCUT2D eigenvalue weighted by Crippen LogP contribution is 2.43. The maximum Gasteiger partial charge on any atom is 0.131 e. The highest BCUT2D eigenvalue weighted by Gasteiger charge is 2.18. The van der Waals surface area contributed by atoms with Crippen LogP contribution in [0.3, 0.4) is 0 Å². The van der Waals surface area contributed by atoms with Crippen LogP contribution in [0.15, 0.2) is 97.1 Å². The van der Waals surface area contributed by atoms with E-state index >= 15 is 0 Å². The molecule has 4 rings (SSSR count). The average Bonchev–Trinajstić information content (AvgIpc) is 2.76.